The third-order valence-electron chi connectivity index (χ3n) is 1.44. The molecule has 0 saturated carbocycles. The highest BCUT2D eigenvalue weighted by Crippen LogP contribution is 2.20. The van der Waals surface area contributed by atoms with Gasteiger partial charge in [0.1, 0.15) is 5.82 Å². The Morgan fingerprint density at radius 2 is 1.53 bits per heavy atom. The van der Waals surface area contributed by atoms with Crippen LogP contribution in [0.5, 0.6) is 0 Å². The molecule has 98 valence electrons. The fourth-order valence-corrected chi connectivity index (χ4v) is 0.620. The lowest BCUT2D eigenvalue weighted by Gasteiger charge is -1.97. The molecular formula is C8H9F4NO3S. The lowest BCUT2D eigenvalue weighted by Crippen LogP contribution is -2.21. The molecule has 0 heterocycles. The van der Waals surface area contributed by atoms with Crippen molar-refractivity contribution in [3.8, 4) is 0 Å². The Balaban J connectivity index is 0.000000304. The first-order valence-corrected chi connectivity index (χ1v) is 5.50. The topological polar surface area (TPSA) is 80.4 Å². The molecule has 17 heavy (non-hydrogen) atoms. The zero-order valence-corrected chi connectivity index (χ0v) is 9.09. The molecule has 1 rings (SSSR count). The van der Waals surface area contributed by atoms with Crippen LogP contribution in [0.4, 0.5) is 17.6 Å². The SMILES string of the molecule is NCc1ccc(F)cc1.O=S(=O)(O)C(F)(F)F. The van der Waals surface area contributed by atoms with E-state index in [1.54, 1.807) is 12.1 Å². The highest BCUT2D eigenvalue weighted by Gasteiger charge is 2.44. The summed E-state index contributed by atoms with van der Waals surface area (Å²) in [5.74, 6) is -0.216. The number of hydrogen-bond donors (Lipinski definition) is 2. The van der Waals surface area contributed by atoms with Crippen LogP contribution >= 0.6 is 0 Å². The maximum atomic E-state index is 12.2. The second-order valence-corrected chi connectivity index (χ2v) is 4.16. The summed E-state index contributed by atoms with van der Waals surface area (Å²) in [5, 5.41) is 0. The van der Waals surface area contributed by atoms with Gasteiger partial charge < -0.3 is 5.73 Å². The van der Waals surface area contributed by atoms with Crippen molar-refractivity contribution in [2.45, 2.75) is 12.1 Å². The first kappa shape index (κ1) is 15.8. The minimum absolute atomic E-state index is 0.216. The normalized spacial score (nSPS) is 11.6. The van der Waals surface area contributed by atoms with Gasteiger partial charge in [-0.25, -0.2) is 4.39 Å². The molecule has 1 aromatic carbocycles. The molecule has 0 aromatic heterocycles. The zero-order valence-electron chi connectivity index (χ0n) is 8.28. The van der Waals surface area contributed by atoms with Crippen molar-refractivity contribution in [2.24, 2.45) is 5.73 Å². The van der Waals surface area contributed by atoms with Gasteiger partial charge in [-0.05, 0) is 17.7 Å². The maximum absolute atomic E-state index is 12.2. The number of rotatable bonds is 1. The quantitative estimate of drug-likeness (QED) is 0.464. The molecule has 0 amide bonds. The largest absolute Gasteiger partial charge is 0.522 e. The molecular weight excluding hydrogens is 266 g/mol. The Bertz CT molecular complexity index is 441. The third kappa shape index (κ3) is 6.19. The molecule has 4 nitrogen and oxygen atoms in total. The second kappa shape index (κ2) is 5.94. The average molecular weight is 275 g/mol. The van der Waals surface area contributed by atoms with E-state index in [-0.39, 0.29) is 5.82 Å². The Morgan fingerprint density at radius 1 is 1.18 bits per heavy atom. The van der Waals surface area contributed by atoms with Crippen LogP contribution in [0.3, 0.4) is 0 Å². The summed E-state index contributed by atoms with van der Waals surface area (Å²) in [6.07, 6.45) is 0. The van der Waals surface area contributed by atoms with Gasteiger partial charge in [-0.15, -0.1) is 0 Å². The smallest absolute Gasteiger partial charge is 0.326 e. The second-order valence-electron chi connectivity index (χ2n) is 2.75. The fraction of sp³-hybridized carbons (Fsp3) is 0.250. The van der Waals surface area contributed by atoms with E-state index in [0.29, 0.717) is 6.54 Å². The number of nitrogens with two attached hydrogens (primary N) is 1. The summed E-state index contributed by atoms with van der Waals surface area (Å²) in [7, 11) is -5.84. The Kier molecular flexibility index (Phi) is 5.52. The standard InChI is InChI=1S/C7H8FN.CHF3O3S/c8-7-3-1-6(5-9)2-4-7;2-1(3,4)8(5,6)7/h1-4H,5,9H2;(H,5,6,7). The molecule has 0 fully saturated rings. The van der Waals surface area contributed by atoms with Crippen LogP contribution in [-0.2, 0) is 16.7 Å². The van der Waals surface area contributed by atoms with Crippen molar-refractivity contribution in [3.63, 3.8) is 0 Å². The average Bonchev–Trinajstić information content (AvgIpc) is 2.17. The van der Waals surface area contributed by atoms with E-state index in [4.69, 9.17) is 18.7 Å². The first-order chi connectivity index (χ1) is 7.58. The predicted octanol–water partition coefficient (Wildman–Crippen LogP) is 1.68. The van der Waals surface area contributed by atoms with E-state index in [2.05, 4.69) is 0 Å². The molecule has 0 unspecified atom stereocenters. The summed E-state index contributed by atoms with van der Waals surface area (Å²) in [5.41, 5.74) is 0.698. The molecule has 0 saturated heterocycles. The van der Waals surface area contributed by atoms with Gasteiger partial charge in [-0.2, -0.15) is 21.6 Å². The van der Waals surface area contributed by atoms with Gasteiger partial charge in [0.15, 0.2) is 0 Å². The number of benzene rings is 1. The predicted molar refractivity (Wildman–Crippen MR) is 51.9 cm³/mol. The fourth-order valence-electron chi connectivity index (χ4n) is 0.620. The molecule has 0 radical (unpaired) electrons. The highest BCUT2D eigenvalue weighted by molar-refractivity contribution is 7.86. The summed E-state index contributed by atoms with van der Waals surface area (Å²) in [4.78, 5) is 0. The van der Waals surface area contributed by atoms with Gasteiger partial charge in [0.25, 0.3) is 0 Å². The summed E-state index contributed by atoms with van der Waals surface area (Å²) < 4.78 is 69.7. The van der Waals surface area contributed by atoms with Crippen LogP contribution in [0.25, 0.3) is 0 Å². The molecule has 1 aromatic rings. The van der Waals surface area contributed by atoms with Crippen molar-refractivity contribution >= 4 is 10.1 Å². The van der Waals surface area contributed by atoms with Crippen LogP contribution in [0, 0.1) is 5.82 Å². The summed E-state index contributed by atoms with van der Waals surface area (Å²) in [6.45, 7) is 0.472. The molecule has 0 atom stereocenters. The monoisotopic (exact) mass is 275 g/mol. The Morgan fingerprint density at radius 3 is 1.76 bits per heavy atom. The van der Waals surface area contributed by atoms with Gasteiger partial charge in [-0.1, -0.05) is 12.1 Å². The number of hydrogen-bond acceptors (Lipinski definition) is 3. The van der Waals surface area contributed by atoms with Gasteiger partial charge in [-0.3, -0.25) is 4.55 Å². The molecule has 3 N–H and O–H groups in total. The lowest BCUT2D eigenvalue weighted by atomic mass is 10.2. The Labute approximate surface area is 94.8 Å². The van der Waals surface area contributed by atoms with E-state index >= 15 is 0 Å². The van der Waals surface area contributed by atoms with Gasteiger partial charge in [0, 0.05) is 6.54 Å². The third-order valence-corrected chi connectivity index (χ3v) is 2.03. The van der Waals surface area contributed by atoms with Crippen LogP contribution < -0.4 is 5.73 Å². The lowest BCUT2D eigenvalue weighted by molar-refractivity contribution is -0.0510. The van der Waals surface area contributed by atoms with Gasteiger partial charge in [0.05, 0.1) is 0 Å². The highest BCUT2D eigenvalue weighted by atomic mass is 32.2. The van der Waals surface area contributed by atoms with Gasteiger partial charge >= 0.3 is 15.6 Å². The van der Waals surface area contributed by atoms with Gasteiger partial charge in [0.2, 0.25) is 0 Å². The van der Waals surface area contributed by atoms with Crippen molar-refractivity contribution in [1.82, 2.24) is 0 Å². The van der Waals surface area contributed by atoms with E-state index < -0.39 is 15.6 Å². The number of halogens is 4. The van der Waals surface area contributed by atoms with Crippen molar-refractivity contribution in [2.75, 3.05) is 0 Å². The van der Waals surface area contributed by atoms with E-state index in [0.717, 1.165) is 5.56 Å². The minimum atomic E-state index is -5.84. The molecule has 0 spiro atoms. The Hall–Kier alpha value is -1.19. The van der Waals surface area contributed by atoms with Crippen molar-refractivity contribution in [1.29, 1.82) is 0 Å². The molecule has 9 heteroatoms. The van der Waals surface area contributed by atoms with Crippen molar-refractivity contribution < 1.29 is 30.5 Å². The molecule has 0 bridgehead atoms. The summed E-state index contributed by atoms with van der Waals surface area (Å²) >= 11 is 0. The number of alkyl halides is 3. The molecule has 0 aliphatic heterocycles. The molecule has 0 aliphatic carbocycles. The van der Waals surface area contributed by atoms with Crippen molar-refractivity contribution in [3.05, 3.63) is 35.6 Å². The maximum Gasteiger partial charge on any atom is 0.522 e. The van der Waals surface area contributed by atoms with E-state index in [9.17, 15) is 17.6 Å². The first-order valence-electron chi connectivity index (χ1n) is 4.06. The van der Waals surface area contributed by atoms with Crippen LogP contribution in [0.1, 0.15) is 5.56 Å². The molecule has 0 aliphatic rings. The van der Waals surface area contributed by atoms with Crippen LogP contribution in [-0.4, -0.2) is 18.5 Å². The van der Waals surface area contributed by atoms with E-state index in [1.165, 1.54) is 12.1 Å². The van der Waals surface area contributed by atoms with E-state index in [1.807, 2.05) is 0 Å². The minimum Gasteiger partial charge on any atom is -0.326 e. The summed E-state index contributed by atoms with van der Waals surface area (Å²) in [6, 6.07) is 6.16. The van der Waals surface area contributed by atoms with Crippen LogP contribution in [0.15, 0.2) is 24.3 Å². The zero-order chi connectivity index (χ0) is 13.7. The van der Waals surface area contributed by atoms with Crippen LogP contribution in [0.2, 0.25) is 0 Å².